The zero-order chi connectivity index (χ0) is 16.4. The van der Waals surface area contributed by atoms with Gasteiger partial charge in [-0.05, 0) is 25.0 Å². The molecule has 2 aromatic rings. The van der Waals surface area contributed by atoms with Crippen molar-refractivity contribution in [3.05, 3.63) is 36.8 Å². The molecular weight excluding hydrogens is 308 g/mol. The van der Waals surface area contributed by atoms with E-state index in [1.54, 1.807) is 24.7 Å². The van der Waals surface area contributed by atoms with Crippen LogP contribution in [0.4, 0.5) is 11.5 Å². The highest BCUT2D eigenvalue weighted by atomic mass is 16.7. The molecule has 0 aliphatic carbocycles. The number of ether oxygens (including phenoxy) is 2. The van der Waals surface area contributed by atoms with Gasteiger partial charge in [-0.1, -0.05) is 0 Å². The molecule has 2 aliphatic rings. The van der Waals surface area contributed by atoms with Crippen molar-refractivity contribution in [1.29, 1.82) is 0 Å². The number of nitrogens with zero attached hydrogens (tertiary/aromatic N) is 3. The van der Waals surface area contributed by atoms with Crippen molar-refractivity contribution >= 4 is 17.4 Å². The molecule has 1 fully saturated rings. The molecule has 1 atom stereocenters. The highest BCUT2D eigenvalue weighted by Gasteiger charge is 2.27. The van der Waals surface area contributed by atoms with Crippen molar-refractivity contribution in [2.24, 2.45) is 5.92 Å². The normalized spacial score (nSPS) is 19.2. The van der Waals surface area contributed by atoms with Crippen molar-refractivity contribution in [2.75, 3.05) is 30.1 Å². The van der Waals surface area contributed by atoms with E-state index < -0.39 is 0 Å². The number of nitrogens with one attached hydrogen (secondary N) is 1. The van der Waals surface area contributed by atoms with E-state index in [0.717, 1.165) is 30.9 Å². The molecular formula is C17H18N4O3. The van der Waals surface area contributed by atoms with E-state index >= 15 is 0 Å². The number of rotatable bonds is 3. The summed E-state index contributed by atoms with van der Waals surface area (Å²) in [7, 11) is 0. The van der Waals surface area contributed by atoms with Crippen LogP contribution in [0.15, 0.2) is 36.8 Å². The number of benzene rings is 1. The average Bonchev–Trinajstić information content (AvgIpc) is 3.10. The van der Waals surface area contributed by atoms with E-state index in [4.69, 9.17) is 9.47 Å². The number of aromatic nitrogens is 2. The summed E-state index contributed by atoms with van der Waals surface area (Å²) in [6, 6.07) is 5.43. The van der Waals surface area contributed by atoms with E-state index in [9.17, 15) is 4.79 Å². The van der Waals surface area contributed by atoms with E-state index in [0.29, 0.717) is 18.0 Å². The average molecular weight is 326 g/mol. The summed E-state index contributed by atoms with van der Waals surface area (Å²) in [4.78, 5) is 23.1. The topological polar surface area (TPSA) is 76.6 Å². The van der Waals surface area contributed by atoms with Gasteiger partial charge < -0.3 is 19.7 Å². The Bertz CT molecular complexity index is 738. The maximum atomic E-state index is 12.6. The Kier molecular flexibility index (Phi) is 3.90. The predicted octanol–water partition coefficient (Wildman–Crippen LogP) is 2.06. The molecule has 0 spiro atoms. The zero-order valence-corrected chi connectivity index (χ0v) is 13.1. The minimum Gasteiger partial charge on any atom is -0.454 e. The number of anilines is 2. The lowest BCUT2D eigenvalue weighted by Crippen LogP contribution is -2.41. The van der Waals surface area contributed by atoms with E-state index in [-0.39, 0.29) is 18.6 Å². The quantitative estimate of drug-likeness (QED) is 0.930. The molecule has 7 heteroatoms. The largest absolute Gasteiger partial charge is 0.454 e. The molecule has 7 nitrogen and oxygen atoms in total. The third kappa shape index (κ3) is 2.97. The Morgan fingerprint density at radius 1 is 1.25 bits per heavy atom. The zero-order valence-electron chi connectivity index (χ0n) is 13.1. The lowest BCUT2D eigenvalue weighted by molar-refractivity contribution is -0.120. The van der Waals surface area contributed by atoms with Gasteiger partial charge >= 0.3 is 0 Å². The van der Waals surface area contributed by atoms with Crippen LogP contribution in [0.3, 0.4) is 0 Å². The van der Waals surface area contributed by atoms with Crippen molar-refractivity contribution in [1.82, 2.24) is 9.97 Å². The molecule has 1 saturated heterocycles. The molecule has 1 amide bonds. The Morgan fingerprint density at radius 2 is 2.17 bits per heavy atom. The van der Waals surface area contributed by atoms with Crippen LogP contribution in [0.2, 0.25) is 0 Å². The molecule has 1 N–H and O–H groups in total. The minimum atomic E-state index is -0.0776. The first-order valence-electron chi connectivity index (χ1n) is 8.01. The van der Waals surface area contributed by atoms with E-state index in [1.807, 2.05) is 12.1 Å². The van der Waals surface area contributed by atoms with Gasteiger partial charge in [0.2, 0.25) is 12.7 Å². The van der Waals surface area contributed by atoms with Gasteiger partial charge in [0.05, 0.1) is 12.1 Å². The van der Waals surface area contributed by atoms with Gasteiger partial charge in [-0.3, -0.25) is 9.78 Å². The van der Waals surface area contributed by atoms with Gasteiger partial charge in [-0.25, -0.2) is 4.98 Å². The standard InChI is InChI=1S/C17H18N4O3/c22-17(20-13-3-4-14-15(8-13)24-11-23-14)12-2-1-7-21(10-12)16-9-18-5-6-19-16/h3-6,8-9,12H,1-2,7,10-11H2,(H,20,22). The summed E-state index contributed by atoms with van der Waals surface area (Å²) in [6.45, 7) is 1.77. The molecule has 4 rings (SSSR count). The van der Waals surface area contributed by atoms with Crippen molar-refractivity contribution < 1.29 is 14.3 Å². The van der Waals surface area contributed by atoms with Crippen LogP contribution in [0.1, 0.15) is 12.8 Å². The molecule has 1 unspecified atom stereocenters. The summed E-state index contributed by atoms with van der Waals surface area (Å²) in [6.07, 6.45) is 6.88. The molecule has 3 heterocycles. The van der Waals surface area contributed by atoms with Gasteiger partial charge in [0, 0.05) is 37.2 Å². The number of fused-ring (bicyclic) bond motifs is 1. The Hall–Kier alpha value is -2.83. The van der Waals surface area contributed by atoms with Crippen LogP contribution in [0.5, 0.6) is 11.5 Å². The summed E-state index contributed by atoms with van der Waals surface area (Å²) >= 11 is 0. The fourth-order valence-electron chi connectivity index (χ4n) is 3.07. The predicted molar refractivity (Wildman–Crippen MR) is 88.2 cm³/mol. The van der Waals surface area contributed by atoms with Crippen molar-refractivity contribution in [3.8, 4) is 11.5 Å². The highest BCUT2D eigenvalue weighted by molar-refractivity contribution is 5.93. The molecule has 2 aliphatic heterocycles. The molecule has 0 bridgehead atoms. The fourth-order valence-corrected chi connectivity index (χ4v) is 3.07. The number of piperidine rings is 1. The first-order valence-corrected chi connectivity index (χ1v) is 8.01. The Labute approximate surface area is 139 Å². The highest BCUT2D eigenvalue weighted by Crippen LogP contribution is 2.34. The maximum Gasteiger partial charge on any atom is 0.231 e. The van der Waals surface area contributed by atoms with Gasteiger partial charge in [0.25, 0.3) is 0 Å². The van der Waals surface area contributed by atoms with E-state index in [2.05, 4.69) is 20.2 Å². The second-order valence-corrected chi connectivity index (χ2v) is 5.91. The first-order chi connectivity index (χ1) is 11.8. The van der Waals surface area contributed by atoms with E-state index in [1.165, 1.54) is 0 Å². The van der Waals surface area contributed by atoms with Crippen molar-refractivity contribution in [3.63, 3.8) is 0 Å². The van der Waals surface area contributed by atoms with Gasteiger partial charge in [-0.2, -0.15) is 0 Å². The molecule has 24 heavy (non-hydrogen) atoms. The summed E-state index contributed by atoms with van der Waals surface area (Å²) in [5.41, 5.74) is 0.723. The summed E-state index contributed by atoms with van der Waals surface area (Å²) in [5, 5.41) is 2.98. The third-order valence-corrected chi connectivity index (χ3v) is 4.31. The number of hydrogen-bond acceptors (Lipinski definition) is 6. The van der Waals surface area contributed by atoms with Crippen LogP contribution in [0.25, 0.3) is 0 Å². The van der Waals surface area contributed by atoms with Crippen LogP contribution < -0.4 is 19.7 Å². The van der Waals surface area contributed by atoms with Gasteiger partial charge in [0.1, 0.15) is 5.82 Å². The number of amides is 1. The third-order valence-electron chi connectivity index (χ3n) is 4.31. The van der Waals surface area contributed by atoms with Crippen LogP contribution in [-0.2, 0) is 4.79 Å². The minimum absolute atomic E-state index is 0.0162. The maximum absolute atomic E-state index is 12.6. The Balaban J connectivity index is 1.42. The smallest absolute Gasteiger partial charge is 0.231 e. The monoisotopic (exact) mass is 326 g/mol. The number of carbonyl (C=O) groups is 1. The first kappa shape index (κ1) is 14.7. The second kappa shape index (κ2) is 6.35. The van der Waals surface area contributed by atoms with Crippen molar-refractivity contribution in [2.45, 2.75) is 12.8 Å². The lowest BCUT2D eigenvalue weighted by atomic mass is 9.97. The summed E-state index contributed by atoms with van der Waals surface area (Å²) < 4.78 is 10.6. The van der Waals surface area contributed by atoms with Gasteiger partial charge in [0.15, 0.2) is 11.5 Å². The lowest BCUT2D eigenvalue weighted by Gasteiger charge is -2.32. The molecule has 124 valence electrons. The SMILES string of the molecule is O=C(Nc1ccc2c(c1)OCO2)C1CCCN(c2cnccn2)C1. The Morgan fingerprint density at radius 3 is 3.04 bits per heavy atom. The molecule has 1 aromatic carbocycles. The number of carbonyl (C=O) groups excluding carboxylic acids is 1. The molecule has 0 radical (unpaired) electrons. The number of hydrogen-bond donors (Lipinski definition) is 1. The van der Waals surface area contributed by atoms with Crippen LogP contribution in [-0.4, -0.2) is 35.8 Å². The fraction of sp³-hybridized carbons (Fsp3) is 0.353. The van der Waals surface area contributed by atoms with Gasteiger partial charge in [-0.15, -0.1) is 0 Å². The summed E-state index contributed by atoms with van der Waals surface area (Å²) in [5.74, 6) is 2.13. The van der Waals surface area contributed by atoms with Crippen LogP contribution in [0, 0.1) is 5.92 Å². The van der Waals surface area contributed by atoms with Crippen LogP contribution >= 0.6 is 0 Å². The molecule has 0 saturated carbocycles. The second-order valence-electron chi connectivity index (χ2n) is 5.91. The molecule has 1 aromatic heterocycles.